The fraction of sp³-hybridized carbons (Fsp3) is 0.588. The van der Waals surface area contributed by atoms with Gasteiger partial charge in [0.1, 0.15) is 0 Å². The smallest absolute Gasteiger partial charge is 0.317 e. The van der Waals surface area contributed by atoms with Crippen molar-refractivity contribution in [2.45, 2.75) is 31.7 Å². The van der Waals surface area contributed by atoms with E-state index in [2.05, 4.69) is 34.1 Å². The van der Waals surface area contributed by atoms with Crippen molar-refractivity contribution in [3.8, 4) is 0 Å². The number of carboxylic acids is 1. The molecule has 1 saturated carbocycles. The number of aliphatic carboxylic acids is 1. The highest BCUT2D eigenvalue weighted by Gasteiger charge is 2.31. The van der Waals surface area contributed by atoms with Crippen LogP contribution in [0.4, 0.5) is 5.69 Å². The van der Waals surface area contributed by atoms with Crippen molar-refractivity contribution in [3.63, 3.8) is 0 Å². The fourth-order valence-corrected chi connectivity index (χ4v) is 3.28. The summed E-state index contributed by atoms with van der Waals surface area (Å²) in [5, 5.41) is 9.13. The summed E-state index contributed by atoms with van der Waals surface area (Å²) in [5.41, 5.74) is 1.28. The van der Waals surface area contributed by atoms with Crippen LogP contribution in [0.2, 0.25) is 0 Å². The summed E-state index contributed by atoms with van der Waals surface area (Å²) in [6, 6.07) is 10.9. The summed E-state index contributed by atoms with van der Waals surface area (Å²) < 4.78 is 0. The second-order valence-corrected chi connectivity index (χ2v) is 6.32. The maximum Gasteiger partial charge on any atom is 0.317 e. The number of para-hydroxylation sites is 1. The molecule has 0 amide bonds. The quantitative estimate of drug-likeness (QED) is 0.873. The molecule has 4 heteroatoms. The average molecular weight is 288 g/mol. The molecule has 1 aliphatic heterocycles. The third kappa shape index (κ3) is 3.97. The van der Waals surface area contributed by atoms with E-state index in [1.807, 2.05) is 6.07 Å². The lowest BCUT2D eigenvalue weighted by molar-refractivity contribution is -0.139. The highest BCUT2D eigenvalue weighted by atomic mass is 16.4. The molecule has 3 rings (SSSR count). The molecule has 1 heterocycles. The molecule has 0 atom stereocenters. The first-order valence-corrected chi connectivity index (χ1v) is 7.98. The summed E-state index contributed by atoms with van der Waals surface area (Å²) in [5.74, 6) is 0.0534. The zero-order valence-corrected chi connectivity index (χ0v) is 12.4. The van der Waals surface area contributed by atoms with Crippen LogP contribution in [0.3, 0.4) is 0 Å². The molecule has 0 unspecified atom stereocenters. The van der Waals surface area contributed by atoms with Crippen molar-refractivity contribution in [1.29, 1.82) is 0 Å². The zero-order valence-electron chi connectivity index (χ0n) is 12.4. The Kier molecular flexibility index (Phi) is 4.44. The Labute approximate surface area is 126 Å². The maximum atomic E-state index is 11.1. The number of rotatable bonds is 6. The van der Waals surface area contributed by atoms with Crippen LogP contribution in [0, 0.1) is 5.92 Å². The van der Waals surface area contributed by atoms with Gasteiger partial charge in [0.2, 0.25) is 0 Å². The van der Waals surface area contributed by atoms with Gasteiger partial charge in [-0.1, -0.05) is 18.2 Å². The number of nitrogens with zero attached hydrogens (tertiary/aromatic N) is 2. The molecule has 0 spiro atoms. The number of anilines is 1. The maximum absolute atomic E-state index is 11.1. The van der Waals surface area contributed by atoms with E-state index in [4.69, 9.17) is 5.11 Å². The van der Waals surface area contributed by atoms with Gasteiger partial charge in [-0.15, -0.1) is 0 Å². The van der Waals surface area contributed by atoms with Crippen molar-refractivity contribution in [2.75, 3.05) is 31.1 Å². The van der Waals surface area contributed by atoms with Gasteiger partial charge < -0.3 is 10.0 Å². The Balaban J connectivity index is 1.56. The lowest BCUT2D eigenvalue weighted by Gasteiger charge is -2.39. The van der Waals surface area contributed by atoms with Gasteiger partial charge in [-0.05, 0) is 43.7 Å². The predicted octanol–water partition coefficient (Wildman–Crippen LogP) is 2.45. The lowest BCUT2D eigenvalue weighted by Crippen LogP contribution is -2.47. The van der Waals surface area contributed by atoms with Crippen LogP contribution in [0.25, 0.3) is 0 Å². The molecule has 21 heavy (non-hydrogen) atoms. The number of benzene rings is 1. The Hall–Kier alpha value is -1.55. The van der Waals surface area contributed by atoms with Crippen LogP contribution >= 0.6 is 0 Å². The van der Waals surface area contributed by atoms with Crippen molar-refractivity contribution < 1.29 is 9.90 Å². The van der Waals surface area contributed by atoms with E-state index in [-0.39, 0.29) is 6.54 Å². The summed E-state index contributed by atoms with van der Waals surface area (Å²) in [4.78, 5) is 15.7. The molecule has 0 radical (unpaired) electrons. The van der Waals surface area contributed by atoms with E-state index < -0.39 is 5.97 Å². The van der Waals surface area contributed by atoms with E-state index in [9.17, 15) is 4.79 Å². The van der Waals surface area contributed by atoms with E-state index in [1.165, 1.54) is 18.5 Å². The highest BCUT2D eigenvalue weighted by molar-refractivity contribution is 5.69. The molecular weight excluding hydrogens is 264 g/mol. The van der Waals surface area contributed by atoms with Crippen LogP contribution in [0.1, 0.15) is 25.7 Å². The first-order chi connectivity index (χ1) is 10.2. The SMILES string of the molecule is O=C(O)CN(CC1CC1)C1CCN(c2ccccc2)CC1. The fourth-order valence-electron chi connectivity index (χ4n) is 3.28. The minimum atomic E-state index is -0.693. The van der Waals surface area contributed by atoms with Gasteiger partial charge in [0.05, 0.1) is 6.54 Å². The number of hydrogen-bond donors (Lipinski definition) is 1. The second-order valence-electron chi connectivity index (χ2n) is 6.32. The van der Waals surface area contributed by atoms with Crippen molar-refractivity contribution in [3.05, 3.63) is 30.3 Å². The Morgan fingerprint density at radius 1 is 1.14 bits per heavy atom. The van der Waals surface area contributed by atoms with Crippen molar-refractivity contribution in [1.82, 2.24) is 4.90 Å². The Morgan fingerprint density at radius 3 is 2.38 bits per heavy atom. The molecule has 1 aromatic carbocycles. The second kappa shape index (κ2) is 6.48. The van der Waals surface area contributed by atoms with Crippen LogP contribution in [-0.2, 0) is 4.79 Å². The summed E-state index contributed by atoms with van der Waals surface area (Å²) in [7, 11) is 0. The topological polar surface area (TPSA) is 43.8 Å². The molecule has 4 nitrogen and oxygen atoms in total. The van der Waals surface area contributed by atoms with Crippen LogP contribution in [-0.4, -0.2) is 48.2 Å². The summed E-state index contributed by atoms with van der Waals surface area (Å²) >= 11 is 0. The summed E-state index contributed by atoms with van der Waals surface area (Å²) in [6.45, 7) is 3.22. The number of carbonyl (C=O) groups is 1. The van der Waals surface area contributed by atoms with Gasteiger partial charge in [0.25, 0.3) is 0 Å². The molecule has 2 aliphatic rings. The van der Waals surface area contributed by atoms with E-state index in [0.29, 0.717) is 6.04 Å². The molecule has 1 N–H and O–H groups in total. The van der Waals surface area contributed by atoms with Gasteiger partial charge in [-0.2, -0.15) is 0 Å². The first kappa shape index (κ1) is 14.4. The minimum Gasteiger partial charge on any atom is -0.480 e. The summed E-state index contributed by atoms with van der Waals surface area (Å²) in [6.07, 6.45) is 4.68. The van der Waals surface area contributed by atoms with E-state index in [0.717, 1.165) is 38.4 Å². The molecule has 1 saturated heterocycles. The van der Waals surface area contributed by atoms with E-state index >= 15 is 0 Å². The van der Waals surface area contributed by atoms with Crippen molar-refractivity contribution >= 4 is 11.7 Å². The predicted molar refractivity (Wildman–Crippen MR) is 83.6 cm³/mol. The standard InChI is InChI=1S/C17H24N2O2/c20-17(21)13-19(12-14-6-7-14)16-8-10-18(11-9-16)15-4-2-1-3-5-15/h1-5,14,16H,6-13H2,(H,20,21). The van der Waals surface area contributed by atoms with Gasteiger partial charge >= 0.3 is 5.97 Å². The van der Waals surface area contributed by atoms with Gasteiger partial charge in [-0.25, -0.2) is 0 Å². The minimum absolute atomic E-state index is 0.201. The van der Waals surface area contributed by atoms with Crippen LogP contribution in [0.15, 0.2) is 30.3 Å². The van der Waals surface area contributed by atoms with Gasteiger partial charge in [0, 0.05) is 31.4 Å². The lowest BCUT2D eigenvalue weighted by atomic mass is 10.0. The molecular formula is C17H24N2O2. The van der Waals surface area contributed by atoms with Crippen LogP contribution < -0.4 is 4.90 Å². The number of hydrogen-bond acceptors (Lipinski definition) is 3. The normalized spacial score (nSPS) is 20.0. The van der Waals surface area contributed by atoms with Gasteiger partial charge in [0.15, 0.2) is 0 Å². The molecule has 114 valence electrons. The molecule has 1 aliphatic carbocycles. The average Bonchev–Trinajstić information content (AvgIpc) is 3.31. The highest BCUT2D eigenvalue weighted by Crippen LogP contribution is 2.31. The third-order valence-corrected chi connectivity index (χ3v) is 4.63. The number of carboxylic acid groups (broad SMARTS) is 1. The largest absolute Gasteiger partial charge is 0.480 e. The molecule has 1 aromatic rings. The van der Waals surface area contributed by atoms with E-state index in [1.54, 1.807) is 0 Å². The first-order valence-electron chi connectivity index (χ1n) is 7.98. The van der Waals surface area contributed by atoms with Crippen LogP contribution in [0.5, 0.6) is 0 Å². The molecule has 2 fully saturated rings. The Morgan fingerprint density at radius 2 is 1.81 bits per heavy atom. The molecule has 0 aromatic heterocycles. The molecule has 0 bridgehead atoms. The zero-order chi connectivity index (χ0) is 14.7. The number of piperidine rings is 1. The van der Waals surface area contributed by atoms with Crippen molar-refractivity contribution in [2.24, 2.45) is 5.92 Å². The third-order valence-electron chi connectivity index (χ3n) is 4.63. The Bertz CT molecular complexity index is 465. The monoisotopic (exact) mass is 288 g/mol. The van der Waals surface area contributed by atoms with Gasteiger partial charge in [-0.3, -0.25) is 9.69 Å².